The summed E-state index contributed by atoms with van der Waals surface area (Å²) < 4.78 is 5.12. The lowest BCUT2D eigenvalue weighted by atomic mass is 9.97. The van der Waals surface area contributed by atoms with Crippen molar-refractivity contribution in [3.8, 4) is 0 Å². The molecule has 0 spiro atoms. The van der Waals surface area contributed by atoms with E-state index < -0.39 is 0 Å². The lowest BCUT2D eigenvalue weighted by Crippen LogP contribution is -2.43. The van der Waals surface area contributed by atoms with Crippen LogP contribution in [0.3, 0.4) is 0 Å². The second-order valence-corrected chi connectivity index (χ2v) is 8.92. The average Bonchev–Trinajstić information content (AvgIpc) is 2.89. The third-order valence-electron chi connectivity index (χ3n) is 6.66. The van der Waals surface area contributed by atoms with Crippen LogP contribution < -0.4 is 5.32 Å². The van der Waals surface area contributed by atoms with E-state index in [2.05, 4.69) is 12.2 Å². The normalized spacial score (nSPS) is 14.8. The molecule has 0 saturated carbocycles. The molecule has 1 aliphatic heterocycles. The van der Waals surface area contributed by atoms with Crippen molar-refractivity contribution in [2.45, 2.75) is 52.5 Å². The first kappa shape index (κ1) is 26.3. The highest BCUT2D eigenvalue weighted by molar-refractivity contribution is 5.90. The van der Waals surface area contributed by atoms with Crippen LogP contribution in [0.5, 0.6) is 0 Å². The maximum absolute atomic E-state index is 13.3. The standard InChI is InChI=1S/C28H37N3O4/c1-4-22-11-13-25(14-12-22)29-28(34)31(21(3)23-9-7-6-8-10-23)20-17-26(32)30-18-15-24(16-19-30)27(33)35-5-2/h6-14,21,24H,4-5,15-20H2,1-3H3,(H,29,34). The molecule has 1 aliphatic rings. The van der Waals surface area contributed by atoms with Crippen molar-refractivity contribution in [2.75, 3.05) is 31.6 Å². The summed E-state index contributed by atoms with van der Waals surface area (Å²) in [5, 5.41) is 2.99. The van der Waals surface area contributed by atoms with E-state index >= 15 is 0 Å². The number of nitrogens with zero attached hydrogens (tertiary/aromatic N) is 2. The number of ether oxygens (including phenoxy) is 1. The molecule has 1 N–H and O–H groups in total. The Balaban J connectivity index is 1.63. The zero-order chi connectivity index (χ0) is 25.2. The molecule has 1 saturated heterocycles. The summed E-state index contributed by atoms with van der Waals surface area (Å²) in [5.74, 6) is -0.317. The predicted octanol–water partition coefficient (Wildman–Crippen LogP) is 5.04. The van der Waals surface area contributed by atoms with Crippen LogP contribution in [0.1, 0.15) is 57.2 Å². The molecular weight excluding hydrogens is 442 g/mol. The molecule has 1 fully saturated rings. The molecule has 2 aromatic rings. The lowest BCUT2D eigenvalue weighted by molar-refractivity contribution is -0.151. The first-order valence-electron chi connectivity index (χ1n) is 12.6. The zero-order valence-electron chi connectivity index (χ0n) is 21.0. The molecule has 0 radical (unpaired) electrons. The molecule has 0 aliphatic carbocycles. The number of esters is 1. The van der Waals surface area contributed by atoms with Gasteiger partial charge in [0.05, 0.1) is 18.6 Å². The highest BCUT2D eigenvalue weighted by Crippen LogP contribution is 2.23. The monoisotopic (exact) mass is 479 g/mol. The van der Waals surface area contributed by atoms with Crippen molar-refractivity contribution in [1.82, 2.24) is 9.80 Å². The van der Waals surface area contributed by atoms with Gasteiger partial charge in [-0.1, -0.05) is 49.4 Å². The Morgan fingerprint density at radius 3 is 2.29 bits per heavy atom. The van der Waals surface area contributed by atoms with Crippen LogP contribution >= 0.6 is 0 Å². The third-order valence-corrected chi connectivity index (χ3v) is 6.66. The number of urea groups is 1. The Morgan fingerprint density at radius 1 is 1.03 bits per heavy atom. The molecular formula is C28H37N3O4. The van der Waals surface area contributed by atoms with Gasteiger partial charge in [0.2, 0.25) is 5.91 Å². The molecule has 3 amide bonds. The molecule has 3 rings (SSSR count). The van der Waals surface area contributed by atoms with E-state index in [0.29, 0.717) is 39.1 Å². The lowest BCUT2D eigenvalue weighted by Gasteiger charge is -2.33. The van der Waals surface area contributed by atoms with Crippen molar-refractivity contribution in [2.24, 2.45) is 5.92 Å². The number of hydrogen-bond acceptors (Lipinski definition) is 4. The van der Waals surface area contributed by atoms with Gasteiger partial charge < -0.3 is 19.9 Å². The van der Waals surface area contributed by atoms with Gasteiger partial charge in [0, 0.05) is 31.7 Å². The number of carbonyl (C=O) groups is 3. The molecule has 2 aromatic carbocycles. The van der Waals surface area contributed by atoms with Crippen LogP contribution in [-0.2, 0) is 20.7 Å². The first-order chi connectivity index (χ1) is 16.9. The number of rotatable bonds is 9. The number of carbonyl (C=O) groups excluding carboxylic acids is 3. The quantitative estimate of drug-likeness (QED) is 0.511. The van der Waals surface area contributed by atoms with Gasteiger partial charge in [-0.3, -0.25) is 9.59 Å². The number of nitrogens with one attached hydrogen (secondary N) is 1. The van der Waals surface area contributed by atoms with Gasteiger partial charge >= 0.3 is 12.0 Å². The molecule has 1 atom stereocenters. The SMILES string of the molecule is CCOC(=O)C1CCN(C(=O)CCN(C(=O)Nc2ccc(CC)cc2)C(C)c2ccccc2)CC1. The van der Waals surface area contributed by atoms with Gasteiger partial charge in [0.25, 0.3) is 0 Å². The largest absolute Gasteiger partial charge is 0.466 e. The van der Waals surface area contributed by atoms with Crippen LogP contribution in [0.15, 0.2) is 54.6 Å². The van der Waals surface area contributed by atoms with Crippen LogP contribution in [0, 0.1) is 5.92 Å². The first-order valence-corrected chi connectivity index (χ1v) is 12.6. The van der Waals surface area contributed by atoms with Crippen LogP contribution in [-0.4, -0.2) is 53.9 Å². The van der Waals surface area contributed by atoms with Gasteiger partial charge in [-0.15, -0.1) is 0 Å². The van der Waals surface area contributed by atoms with E-state index in [-0.39, 0.29) is 36.3 Å². The molecule has 0 aromatic heterocycles. The topological polar surface area (TPSA) is 79.0 Å². The van der Waals surface area contributed by atoms with E-state index in [0.717, 1.165) is 17.7 Å². The summed E-state index contributed by atoms with van der Waals surface area (Å²) in [7, 11) is 0. The van der Waals surface area contributed by atoms with Gasteiger partial charge in [0.15, 0.2) is 0 Å². The molecule has 188 valence electrons. The van der Waals surface area contributed by atoms with Crippen molar-refractivity contribution in [3.05, 3.63) is 65.7 Å². The number of amides is 3. The van der Waals surface area contributed by atoms with Gasteiger partial charge in [-0.2, -0.15) is 0 Å². The fourth-order valence-corrected chi connectivity index (χ4v) is 4.40. The molecule has 7 nitrogen and oxygen atoms in total. The summed E-state index contributed by atoms with van der Waals surface area (Å²) in [6.07, 6.45) is 2.39. The molecule has 0 bridgehead atoms. The van der Waals surface area contributed by atoms with Crippen molar-refractivity contribution >= 4 is 23.6 Å². The van der Waals surface area contributed by atoms with Crippen LogP contribution in [0.25, 0.3) is 0 Å². The number of benzene rings is 2. The molecule has 7 heteroatoms. The molecule has 1 unspecified atom stereocenters. The van der Waals surface area contributed by atoms with Crippen LogP contribution in [0.2, 0.25) is 0 Å². The summed E-state index contributed by atoms with van der Waals surface area (Å²) >= 11 is 0. The van der Waals surface area contributed by atoms with E-state index in [1.54, 1.807) is 16.7 Å². The fraction of sp³-hybridized carbons (Fsp3) is 0.464. The van der Waals surface area contributed by atoms with E-state index in [9.17, 15) is 14.4 Å². The van der Waals surface area contributed by atoms with E-state index in [1.807, 2.05) is 61.5 Å². The maximum Gasteiger partial charge on any atom is 0.322 e. The Hall–Kier alpha value is -3.35. The summed E-state index contributed by atoms with van der Waals surface area (Å²) in [6.45, 7) is 7.61. The molecule has 35 heavy (non-hydrogen) atoms. The van der Waals surface area contributed by atoms with Crippen molar-refractivity contribution in [3.63, 3.8) is 0 Å². The minimum absolute atomic E-state index is 0.00216. The number of likely N-dealkylation sites (tertiary alicyclic amines) is 1. The fourth-order valence-electron chi connectivity index (χ4n) is 4.40. The van der Waals surface area contributed by atoms with Crippen molar-refractivity contribution < 1.29 is 19.1 Å². The zero-order valence-corrected chi connectivity index (χ0v) is 21.0. The Labute approximate surface area is 208 Å². The third kappa shape index (κ3) is 7.31. The highest BCUT2D eigenvalue weighted by Gasteiger charge is 2.29. The Morgan fingerprint density at radius 2 is 1.69 bits per heavy atom. The van der Waals surface area contributed by atoms with E-state index in [1.165, 1.54) is 5.56 Å². The average molecular weight is 480 g/mol. The predicted molar refractivity (Wildman–Crippen MR) is 137 cm³/mol. The number of anilines is 1. The number of hydrogen-bond donors (Lipinski definition) is 1. The number of aryl methyl sites for hydroxylation is 1. The second kappa shape index (κ2) is 12.9. The van der Waals surface area contributed by atoms with Gasteiger partial charge in [-0.25, -0.2) is 4.79 Å². The minimum Gasteiger partial charge on any atom is -0.466 e. The number of piperidine rings is 1. The highest BCUT2D eigenvalue weighted by atomic mass is 16.5. The molecule has 1 heterocycles. The van der Waals surface area contributed by atoms with Crippen molar-refractivity contribution in [1.29, 1.82) is 0 Å². The summed E-state index contributed by atoms with van der Waals surface area (Å²) in [4.78, 5) is 41.7. The maximum atomic E-state index is 13.3. The minimum atomic E-state index is -0.237. The van der Waals surface area contributed by atoms with Gasteiger partial charge in [0.1, 0.15) is 0 Å². The summed E-state index contributed by atoms with van der Waals surface area (Å²) in [5.41, 5.74) is 2.94. The Kier molecular flexibility index (Phi) is 9.70. The smallest absolute Gasteiger partial charge is 0.322 e. The van der Waals surface area contributed by atoms with Crippen LogP contribution in [0.4, 0.5) is 10.5 Å². The van der Waals surface area contributed by atoms with E-state index in [4.69, 9.17) is 4.74 Å². The second-order valence-electron chi connectivity index (χ2n) is 8.92. The summed E-state index contributed by atoms with van der Waals surface area (Å²) in [6, 6.07) is 17.2. The Bertz CT molecular complexity index is 969. The van der Waals surface area contributed by atoms with Gasteiger partial charge in [-0.05, 0) is 56.4 Å².